The highest BCUT2D eigenvalue weighted by Crippen LogP contribution is 2.32. The van der Waals surface area contributed by atoms with Crippen LogP contribution in [0.25, 0.3) is 0 Å². The van der Waals surface area contributed by atoms with Gasteiger partial charge in [0.2, 0.25) is 0 Å². The molecule has 0 aliphatic heterocycles. The molecule has 0 bridgehead atoms. The van der Waals surface area contributed by atoms with E-state index in [4.69, 9.17) is 32.8 Å². The van der Waals surface area contributed by atoms with E-state index in [-0.39, 0.29) is 26.9 Å². The molecule has 0 aliphatic carbocycles. The van der Waals surface area contributed by atoms with Crippen LogP contribution in [0.3, 0.4) is 0 Å². The molecule has 0 aliphatic rings. The zero-order chi connectivity index (χ0) is 15.7. The Hall–Kier alpha value is -2.05. The highest BCUT2D eigenvalue weighted by atomic mass is 35.5. The van der Waals surface area contributed by atoms with Crippen LogP contribution >= 0.6 is 23.2 Å². The topological polar surface area (TPSA) is 92.4 Å². The maximum atomic E-state index is 12.2. The lowest BCUT2D eigenvalue weighted by Gasteiger charge is -2.10. The van der Waals surface area contributed by atoms with Crippen molar-refractivity contribution in [1.82, 2.24) is 5.16 Å². The van der Waals surface area contributed by atoms with E-state index in [1.165, 1.54) is 12.1 Å². The summed E-state index contributed by atoms with van der Waals surface area (Å²) in [5, 5.41) is 15.2. The van der Waals surface area contributed by atoms with Gasteiger partial charge in [0.25, 0.3) is 5.91 Å². The Balaban J connectivity index is 2.36. The number of hydrogen-bond acceptors (Lipinski definition) is 4. The van der Waals surface area contributed by atoms with Gasteiger partial charge in [-0.25, -0.2) is 4.79 Å². The number of amides is 1. The summed E-state index contributed by atoms with van der Waals surface area (Å²) < 4.78 is 4.91. The van der Waals surface area contributed by atoms with Gasteiger partial charge in [-0.3, -0.25) is 4.79 Å². The fourth-order valence-electron chi connectivity index (χ4n) is 1.80. The maximum absolute atomic E-state index is 12.2. The second-order valence-electron chi connectivity index (χ2n) is 4.27. The predicted octanol–water partition coefficient (Wildman–Crippen LogP) is 3.55. The van der Waals surface area contributed by atoms with Gasteiger partial charge in [-0.05, 0) is 26.0 Å². The number of aryl methyl sites for hydroxylation is 2. The molecule has 0 radical (unpaired) electrons. The first-order chi connectivity index (χ1) is 9.81. The SMILES string of the molecule is Cc1noc(C)c1C(=O)Nc1c(Cl)cc(C(=O)O)cc1Cl. The molecule has 0 atom stereocenters. The number of rotatable bonds is 3. The molecule has 8 heteroatoms. The number of nitrogens with one attached hydrogen (secondary N) is 1. The van der Waals surface area contributed by atoms with Gasteiger partial charge < -0.3 is 14.9 Å². The fraction of sp³-hybridized carbons (Fsp3) is 0.154. The Morgan fingerprint density at radius 1 is 1.24 bits per heavy atom. The van der Waals surface area contributed by atoms with Crippen molar-refractivity contribution >= 4 is 40.8 Å². The van der Waals surface area contributed by atoms with E-state index in [0.717, 1.165) is 0 Å². The van der Waals surface area contributed by atoms with E-state index >= 15 is 0 Å². The highest BCUT2D eigenvalue weighted by Gasteiger charge is 2.20. The van der Waals surface area contributed by atoms with Crippen molar-refractivity contribution in [2.24, 2.45) is 0 Å². The van der Waals surface area contributed by atoms with Gasteiger partial charge in [-0.1, -0.05) is 28.4 Å². The molecule has 2 N–H and O–H groups in total. The zero-order valence-electron chi connectivity index (χ0n) is 11.0. The monoisotopic (exact) mass is 328 g/mol. The first-order valence-corrected chi connectivity index (χ1v) is 6.53. The van der Waals surface area contributed by atoms with Gasteiger partial charge in [0.1, 0.15) is 11.3 Å². The molecule has 0 unspecified atom stereocenters. The van der Waals surface area contributed by atoms with Gasteiger partial charge in [-0.2, -0.15) is 0 Å². The lowest BCUT2D eigenvalue weighted by Crippen LogP contribution is -2.14. The molecule has 1 aromatic carbocycles. The predicted molar refractivity (Wildman–Crippen MR) is 77.4 cm³/mol. The second-order valence-corrected chi connectivity index (χ2v) is 5.09. The number of aromatic nitrogens is 1. The molecule has 110 valence electrons. The number of anilines is 1. The summed E-state index contributed by atoms with van der Waals surface area (Å²) in [6.07, 6.45) is 0. The molecule has 2 aromatic rings. The lowest BCUT2D eigenvalue weighted by molar-refractivity contribution is 0.0696. The normalized spacial score (nSPS) is 10.5. The molecule has 21 heavy (non-hydrogen) atoms. The number of hydrogen-bond donors (Lipinski definition) is 2. The third-order valence-corrected chi connectivity index (χ3v) is 3.38. The summed E-state index contributed by atoms with van der Waals surface area (Å²) >= 11 is 11.9. The summed E-state index contributed by atoms with van der Waals surface area (Å²) in [5.74, 6) is -1.29. The molecule has 0 saturated carbocycles. The maximum Gasteiger partial charge on any atom is 0.335 e. The van der Waals surface area contributed by atoms with Gasteiger partial charge in [0.15, 0.2) is 0 Å². The van der Waals surface area contributed by atoms with Crippen molar-refractivity contribution in [3.63, 3.8) is 0 Å². The van der Waals surface area contributed by atoms with Crippen LogP contribution in [0.15, 0.2) is 16.7 Å². The van der Waals surface area contributed by atoms with Crippen LogP contribution in [0.2, 0.25) is 10.0 Å². The zero-order valence-corrected chi connectivity index (χ0v) is 12.5. The summed E-state index contributed by atoms with van der Waals surface area (Å²) in [4.78, 5) is 23.1. The van der Waals surface area contributed by atoms with Gasteiger partial charge in [-0.15, -0.1) is 0 Å². The Morgan fingerprint density at radius 2 is 1.81 bits per heavy atom. The number of nitrogens with zero attached hydrogens (tertiary/aromatic N) is 1. The number of carboxylic acids is 1. The van der Waals surface area contributed by atoms with Crippen molar-refractivity contribution in [1.29, 1.82) is 0 Å². The number of aromatic carboxylic acids is 1. The third-order valence-electron chi connectivity index (χ3n) is 2.79. The molecular formula is C13H10Cl2N2O4. The van der Waals surface area contributed by atoms with Crippen LogP contribution in [0.5, 0.6) is 0 Å². The van der Waals surface area contributed by atoms with Crippen LogP contribution in [-0.4, -0.2) is 22.1 Å². The van der Waals surface area contributed by atoms with Gasteiger partial charge in [0, 0.05) is 0 Å². The van der Waals surface area contributed by atoms with E-state index in [1.54, 1.807) is 13.8 Å². The molecule has 1 amide bonds. The summed E-state index contributed by atoms with van der Waals surface area (Å²) in [5.41, 5.74) is 0.775. The summed E-state index contributed by atoms with van der Waals surface area (Å²) in [6.45, 7) is 3.23. The van der Waals surface area contributed by atoms with Crippen LogP contribution in [0, 0.1) is 13.8 Å². The van der Waals surface area contributed by atoms with Crippen molar-refractivity contribution in [2.45, 2.75) is 13.8 Å². The highest BCUT2D eigenvalue weighted by molar-refractivity contribution is 6.40. The fourth-order valence-corrected chi connectivity index (χ4v) is 2.38. The standard InChI is InChI=1S/C13H10Cl2N2O4/c1-5-10(6(2)21-17-5)12(18)16-11-8(14)3-7(13(19)20)4-9(11)15/h3-4H,1-2H3,(H,16,18)(H,19,20). The minimum absolute atomic E-state index is 0.0278. The van der Waals surface area contributed by atoms with Crippen molar-refractivity contribution in [2.75, 3.05) is 5.32 Å². The average Bonchev–Trinajstić information content (AvgIpc) is 2.73. The molecule has 1 aromatic heterocycles. The number of halogens is 2. The molecule has 6 nitrogen and oxygen atoms in total. The molecule has 0 fully saturated rings. The number of benzene rings is 1. The Kier molecular flexibility index (Phi) is 4.20. The molecular weight excluding hydrogens is 319 g/mol. The third kappa shape index (κ3) is 3.01. The quantitative estimate of drug-likeness (QED) is 0.898. The Morgan fingerprint density at radius 3 is 2.24 bits per heavy atom. The van der Waals surface area contributed by atoms with E-state index in [0.29, 0.717) is 11.5 Å². The largest absolute Gasteiger partial charge is 0.478 e. The van der Waals surface area contributed by atoms with E-state index in [1.807, 2.05) is 0 Å². The van der Waals surface area contributed by atoms with Crippen molar-refractivity contribution in [3.8, 4) is 0 Å². The van der Waals surface area contributed by atoms with Crippen molar-refractivity contribution in [3.05, 3.63) is 44.8 Å². The number of carboxylic acid groups (broad SMARTS) is 1. The summed E-state index contributed by atoms with van der Waals surface area (Å²) in [6, 6.07) is 2.41. The molecule has 0 saturated heterocycles. The molecule has 2 rings (SSSR count). The molecule has 0 spiro atoms. The van der Waals surface area contributed by atoms with E-state index in [9.17, 15) is 9.59 Å². The number of carbonyl (C=O) groups is 2. The summed E-state index contributed by atoms with van der Waals surface area (Å²) in [7, 11) is 0. The van der Waals surface area contributed by atoms with Crippen LogP contribution < -0.4 is 5.32 Å². The Labute approximate surface area is 129 Å². The average molecular weight is 329 g/mol. The molecule has 1 heterocycles. The van der Waals surface area contributed by atoms with Gasteiger partial charge >= 0.3 is 5.97 Å². The Bertz CT molecular complexity index is 697. The first-order valence-electron chi connectivity index (χ1n) is 5.77. The minimum atomic E-state index is -1.16. The van der Waals surface area contributed by atoms with Crippen LogP contribution in [-0.2, 0) is 0 Å². The smallest absolute Gasteiger partial charge is 0.335 e. The van der Waals surface area contributed by atoms with Crippen LogP contribution in [0.4, 0.5) is 5.69 Å². The first kappa shape index (κ1) is 15.3. The van der Waals surface area contributed by atoms with Crippen molar-refractivity contribution < 1.29 is 19.2 Å². The van der Waals surface area contributed by atoms with E-state index in [2.05, 4.69) is 10.5 Å². The van der Waals surface area contributed by atoms with E-state index < -0.39 is 11.9 Å². The van der Waals surface area contributed by atoms with Gasteiger partial charge in [0.05, 0.1) is 27.0 Å². The minimum Gasteiger partial charge on any atom is -0.478 e. The van der Waals surface area contributed by atoms with Crippen LogP contribution in [0.1, 0.15) is 32.2 Å². The lowest BCUT2D eigenvalue weighted by atomic mass is 10.1. The number of carbonyl (C=O) groups excluding carboxylic acids is 1. The second kappa shape index (κ2) is 5.75.